The lowest BCUT2D eigenvalue weighted by atomic mass is 10.1. The Labute approximate surface area is 106 Å². The van der Waals surface area contributed by atoms with Crippen LogP contribution in [0, 0.1) is 0 Å². The Hall–Kier alpha value is -2.03. The van der Waals surface area contributed by atoms with Crippen LogP contribution in [0.5, 0.6) is 5.88 Å². The number of hydrogen-bond acceptors (Lipinski definition) is 6. The van der Waals surface area contributed by atoms with Gasteiger partial charge in [-0.2, -0.15) is 4.98 Å². The Bertz CT molecular complexity index is 477. The minimum absolute atomic E-state index is 0.0561. The number of rotatable bonds is 4. The van der Waals surface area contributed by atoms with E-state index in [-0.39, 0.29) is 30.1 Å². The molecule has 0 aliphatic heterocycles. The first-order valence-corrected chi connectivity index (χ1v) is 5.20. The van der Waals surface area contributed by atoms with E-state index < -0.39 is 18.2 Å². The predicted molar refractivity (Wildman–Crippen MR) is 59.2 cm³/mol. The minimum atomic E-state index is -4.96. The number of nitrogens with zero attached hydrogens (tertiary/aromatic N) is 1. The Morgan fingerprint density at radius 2 is 2.11 bits per heavy atom. The average molecular weight is 279 g/mol. The molecule has 0 aromatic carbocycles. The number of pyridine rings is 1. The summed E-state index contributed by atoms with van der Waals surface area (Å²) in [6, 6.07) is 1.09. The number of nitrogen functional groups attached to an aromatic ring is 1. The van der Waals surface area contributed by atoms with Crippen molar-refractivity contribution in [3.63, 3.8) is 0 Å². The number of carbonyl (C=O) groups excluding carboxylic acids is 1. The van der Waals surface area contributed by atoms with Crippen molar-refractivity contribution in [1.29, 1.82) is 0 Å². The zero-order valence-corrected chi connectivity index (χ0v) is 9.95. The molecule has 0 bridgehead atoms. The molecule has 0 atom stereocenters. The van der Waals surface area contributed by atoms with Crippen molar-refractivity contribution in [3.8, 4) is 5.88 Å². The van der Waals surface area contributed by atoms with Crippen LogP contribution in [0.4, 0.5) is 19.0 Å². The molecule has 1 rings (SSSR count). The summed E-state index contributed by atoms with van der Waals surface area (Å²) in [7, 11) is 0. The lowest BCUT2D eigenvalue weighted by Gasteiger charge is -2.14. The molecule has 0 fully saturated rings. The Morgan fingerprint density at radius 3 is 2.58 bits per heavy atom. The zero-order valence-electron chi connectivity index (χ0n) is 9.95. The number of hydrogen-bond donors (Lipinski definition) is 2. The van der Waals surface area contributed by atoms with Crippen LogP contribution in [0.2, 0.25) is 0 Å². The highest BCUT2D eigenvalue weighted by Gasteiger charge is 2.34. The maximum Gasteiger partial charge on any atom is 0.574 e. The Morgan fingerprint density at radius 1 is 1.47 bits per heavy atom. The van der Waals surface area contributed by atoms with Gasteiger partial charge in [0.15, 0.2) is 0 Å². The molecule has 6 nitrogen and oxygen atoms in total. The van der Waals surface area contributed by atoms with Gasteiger partial charge in [-0.15, -0.1) is 13.2 Å². The van der Waals surface area contributed by atoms with Gasteiger partial charge in [-0.3, -0.25) is 0 Å². The molecular formula is C10H12F3N3O3. The largest absolute Gasteiger partial charge is 0.574 e. The van der Waals surface area contributed by atoms with E-state index in [4.69, 9.17) is 16.2 Å². The Kier molecular flexibility index (Phi) is 4.54. The van der Waals surface area contributed by atoms with Crippen LogP contribution < -0.4 is 16.2 Å². The van der Waals surface area contributed by atoms with E-state index in [0.29, 0.717) is 0 Å². The number of esters is 1. The monoisotopic (exact) mass is 279 g/mol. The molecule has 106 valence electrons. The van der Waals surface area contributed by atoms with Crippen LogP contribution in [0.15, 0.2) is 6.07 Å². The first-order chi connectivity index (χ1) is 8.78. The summed E-state index contributed by atoms with van der Waals surface area (Å²) in [5, 5.41) is 0. The molecule has 0 aliphatic rings. The maximum atomic E-state index is 12.2. The third kappa shape index (κ3) is 3.98. The lowest BCUT2D eigenvalue weighted by molar-refractivity contribution is -0.276. The molecule has 19 heavy (non-hydrogen) atoms. The minimum Gasteiger partial charge on any atom is -0.462 e. The van der Waals surface area contributed by atoms with E-state index in [1.165, 1.54) is 0 Å². The maximum absolute atomic E-state index is 12.2. The molecule has 0 spiro atoms. The fraction of sp³-hybridized carbons (Fsp3) is 0.400. The van der Waals surface area contributed by atoms with Crippen molar-refractivity contribution in [3.05, 3.63) is 17.2 Å². The summed E-state index contributed by atoms with van der Waals surface area (Å²) < 4.78 is 45.0. The normalized spacial score (nSPS) is 11.2. The molecule has 1 heterocycles. The molecule has 0 amide bonds. The quantitative estimate of drug-likeness (QED) is 0.803. The van der Waals surface area contributed by atoms with Crippen LogP contribution in [0.3, 0.4) is 0 Å². The predicted octanol–water partition coefficient (Wildman–Crippen LogP) is 1.20. The third-order valence-corrected chi connectivity index (χ3v) is 2.02. The molecule has 0 unspecified atom stereocenters. The van der Waals surface area contributed by atoms with Gasteiger partial charge >= 0.3 is 12.3 Å². The Balaban J connectivity index is 3.28. The summed E-state index contributed by atoms with van der Waals surface area (Å²) in [5.74, 6) is -2.00. The molecule has 1 aromatic rings. The van der Waals surface area contributed by atoms with Crippen LogP contribution in [0.25, 0.3) is 0 Å². The number of alkyl halides is 3. The van der Waals surface area contributed by atoms with E-state index in [2.05, 4.69) is 9.72 Å². The SMILES string of the molecule is CCOC(=O)c1cc(N)nc(OC(F)(F)F)c1CN. The highest BCUT2D eigenvalue weighted by atomic mass is 19.4. The van der Waals surface area contributed by atoms with E-state index >= 15 is 0 Å². The van der Waals surface area contributed by atoms with E-state index in [1.54, 1.807) is 6.92 Å². The van der Waals surface area contributed by atoms with Gasteiger partial charge in [0.1, 0.15) is 5.82 Å². The van der Waals surface area contributed by atoms with Crippen molar-refractivity contribution in [2.24, 2.45) is 5.73 Å². The van der Waals surface area contributed by atoms with E-state index in [1.807, 2.05) is 0 Å². The highest BCUT2D eigenvalue weighted by Crippen LogP contribution is 2.28. The number of anilines is 1. The van der Waals surface area contributed by atoms with Gasteiger partial charge in [0.05, 0.1) is 12.2 Å². The third-order valence-electron chi connectivity index (χ3n) is 2.02. The number of halogens is 3. The second-order valence-corrected chi connectivity index (χ2v) is 3.35. The standard InChI is InChI=1S/C10H12F3N3O3/c1-2-18-9(17)5-3-7(15)16-8(6(5)4-14)19-10(11,12)13/h3H,2,4,14H2,1H3,(H2,15,16). The van der Waals surface area contributed by atoms with Crippen LogP contribution >= 0.6 is 0 Å². The summed E-state index contributed by atoms with van der Waals surface area (Å²) in [6.07, 6.45) is -4.96. The van der Waals surface area contributed by atoms with Gasteiger partial charge in [0, 0.05) is 12.1 Å². The van der Waals surface area contributed by atoms with Gasteiger partial charge < -0.3 is 20.9 Å². The molecule has 0 radical (unpaired) electrons. The van der Waals surface area contributed by atoms with Gasteiger partial charge in [-0.05, 0) is 13.0 Å². The first kappa shape index (κ1) is 15.0. The summed E-state index contributed by atoms with van der Waals surface area (Å²) in [4.78, 5) is 15.0. The van der Waals surface area contributed by atoms with Crippen LogP contribution in [-0.4, -0.2) is 23.9 Å². The topological polar surface area (TPSA) is 100 Å². The van der Waals surface area contributed by atoms with Crippen molar-refractivity contribution in [2.75, 3.05) is 12.3 Å². The molecular weight excluding hydrogens is 267 g/mol. The molecule has 0 saturated carbocycles. The zero-order chi connectivity index (χ0) is 14.6. The smallest absolute Gasteiger partial charge is 0.462 e. The molecule has 1 aromatic heterocycles. The second-order valence-electron chi connectivity index (χ2n) is 3.35. The van der Waals surface area contributed by atoms with E-state index in [0.717, 1.165) is 6.07 Å². The van der Waals surface area contributed by atoms with Crippen molar-refractivity contribution >= 4 is 11.8 Å². The lowest BCUT2D eigenvalue weighted by Crippen LogP contribution is -2.22. The first-order valence-electron chi connectivity index (χ1n) is 5.20. The van der Waals surface area contributed by atoms with Gasteiger partial charge in [0.25, 0.3) is 0 Å². The van der Waals surface area contributed by atoms with Crippen molar-refractivity contribution in [1.82, 2.24) is 4.98 Å². The molecule has 9 heteroatoms. The number of carbonyl (C=O) groups is 1. The number of nitrogens with two attached hydrogens (primary N) is 2. The number of ether oxygens (including phenoxy) is 2. The van der Waals surface area contributed by atoms with Gasteiger partial charge in [-0.1, -0.05) is 0 Å². The summed E-state index contributed by atoms with van der Waals surface area (Å²) >= 11 is 0. The highest BCUT2D eigenvalue weighted by molar-refractivity contribution is 5.92. The molecule has 4 N–H and O–H groups in total. The van der Waals surface area contributed by atoms with Crippen molar-refractivity contribution in [2.45, 2.75) is 19.8 Å². The fourth-order valence-electron chi connectivity index (χ4n) is 1.35. The summed E-state index contributed by atoms with van der Waals surface area (Å²) in [6.45, 7) is 1.23. The molecule has 0 saturated heterocycles. The fourth-order valence-corrected chi connectivity index (χ4v) is 1.35. The van der Waals surface area contributed by atoms with Crippen molar-refractivity contribution < 1.29 is 27.4 Å². The summed E-state index contributed by atoms with van der Waals surface area (Å²) in [5.41, 5.74) is 10.2. The molecule has 0 aliphatic carbocycles. The van der Waals surface area contributed by atoms with Gasteiger partial charge in [0.2, 0.25) is 5.88 Å². The van der Waals surface area contributed by atoms with E-state index in [9.17, 15) is 18.0 Å². The van der Waals surface area contributed by atoms with Gasteiger partial charge in [-0.25, -0.2) is 4.79 Å². The average Bonchev–Trinajstić information content (AvgIpc) is 2.26. The van der Waals surface area contributed by atoms with Crippen LogP contribution in [-0.2, 0) is 11.3 Å². The number of aromatic nitrogens is 1. The van der Waals surface area contributed by atoms with Crippen LogP contribution in [0.1, 0.15) is 22.8 Å². The second kappa shape index (κ2) is 5.74.